The molecule has 1 atom stereocenters. The highest BCUT2D eigenvalue weighted by molar-refractivity contribution is 9.10. The van der Waals surface area contributed by atoms with Gasteiger partial charge in [0.2, 0.25) is 0 Å². The van der Waals surface area contributed by atoms with Gasteiger partial charge in [0.05, 0.1) is 6.04 Å². The smallest absolute Gasteiger partial charge is 0.0639 e. The molecule has 2 rings (SSSR count). The van der Waals surface area contributed by atoms with Crippen LogP contribution in [-0.2, 0) is 0 Å². The first kappa shape index (κ1) is 13.3. The monoisotopic (exact) mass is 313 g/mol. The summed E-state index contributed by atoms with van der Waals surface area (Å²) >= 11 is 5.49. The van der Waals surface area contributed by atoms with Crippen molar-refractivity contribution in [3.05, 3.63) is 32.4 Å². The van der Waals surface area contributed by atoms with E-state index in [9.17, 15) is 0 Å². The van der Waals surface area contributed by atoms with Crippen molar-refractivity contribution in [3.8, 4) is 0 Å². The molecule has 1 nitrogen and oxygen atoms in total. The lowest BCUT2D eigenvalue weighted by Crippen LogP contribution is -2.18. The fourth-order valence-corrected chi connectivity index (χ4v) is 4.23. The summed E-state index contributed by atoms with van der Waals surface area (Å²) in [7, 11) is 2.07. The molecule has 1 aromatic rings. The summed E-state index contributed by atoms with van der Waals surface area (Å²) in [5.41, 5.74) is 1.58. The third-order valence-corrected chi connectivity index (χ3v) is 5.33. The van der Waals surface area contributed by atoms with Gasteiger partial charge in [0.15, 0.2) is 0 Å². The maximum atomic E-state index is 3.65. The van der Waals surface area contributed by atoms with Gasteiger partial charge in [-0.25, -0.2) is 0 Å². The molecule has 1 unspecified atom stereocenters. The Balaban J connectivity index is 2.19. The summed E-state index contributed by atoms with van der Waals surface area (Å²) < 4.78 is 1.24. The van der Waals surface area contributed by atoms with Crippen LogP contribution in [0.5, 0.6) is 0 Å². The number of hydrogen-bond donors (Lipinski definition) is 1. The van der Waals surface area contributed by atoms with Gasteiger partial charge < -0.3 is 5.32 Å². The minimum atomic E-state index is 0.405. The van der Waals surface area contributed by atoms with Crippen molar-refractivity contribution in [2.45, 2.75) is 44.6 Å². The summed E-state index contributed by atoms with van der Waals surface area (Å²) in [5, 5.41) is 5.64. The van der Waals surface area contributed by atoms with Crippen LogP contribution in [0.1, 0.15) is 49.4 Å². The first-order valence-electron chi connectivity index (χ1n) is 6.42. The Morgan fingerprint density at radius 3 is 2.82 bits per heavy atom. The van der Waals surface area contributed by atoms with Gasteiger partial charge >= 0.3 is 0 Å². The molecule has 17 heavy (non-hydrogen) atoms. The molecule has 0 aromatic carbocycles. The molecule has 0 radical (unpaired) electrons. The normalized spacial score (nSPS) is 22.4. The molecule has 1 aliphatic rings. The van der Waals surface area contributed by atoms with E-state index in [1.165, 1.54) is 47.9 Å². The first-order chi connectivity index (χ1) is 8.33. The number of likely N-dealkylation sites (N-methyl/N-ethyl adjacent to an activating group) is 1. The van der Waals surface area contributed by atoms with Crippen LogP contribution >= 0.6 is 27.3 Å². The summed E-state index contributed by atoms with van der Waals surface area (Å²) in [4.78, 5) is 1.42. The Labute approximate surface area is 116 Å². The lowest BCUT2D eigenvalue weighted by molar-refractivity contribution is 0.577. The van der Waals surface area contributed by atoms with Crippen LogP contribution in [0.25, 0.3) is 0 Å². The van der Waals surface area contributed by atoms with E-state index in [-0.39, 0.29) is 0 Å². The highest BCUT2D eigenvalue weighted by atomic mass is 79.9. The zero-order valence-corrected chi connectivity index (χ0v) is 12.7. The third kappa shape index (κ3) is 3.43. The molecule has 1 N–H and O–H groups in total. The molecule has 0 aliphatic heterocycles. The predicted octanol–water partition coefficient (Wildman–Crippen LogP) is 5.05. The maximum absolute atomic E-state index is 3.65. The molecule has 0 saturated carbocycles. The summed E-state index contributed by atoms with van der Waals surface area (Å²) in [6, 6.07) is 2.55. The largest absolute Gasteiger partial charge is 0.309 e. The Bertz CT molecular complexity index is 383. The molecule has 0 fully saturated rings. The lowest BCUT2D eigenvalue weighted by Gasteiger charge is -2.21. The second-order valence-electron chi connectivity index (χ2n) is 4.59. The molecular weight excluding hydrogens is 294 g/mol. The van der Waals surface area contributed by atoms with Crippen molar-refractivity contribution in [2.24, 2.45) is 0 Å². The van der Waals surface area contributed by atoms with E-state index in [0.29, 0.717) is 6.04 Å². The standard InChI is InChI=1S/C14H20BrNS/c1-16-13(14-12(15)9-10-17-14)11-7-5-3-2-4-6-8-11/h7,9-10,13,16H,2-6,8H2,1H3/b11-7+. The zero-order valence-electron chi connectivity index (χ0n) is 10.3. The number of thiophene rings is 1. The van der Waals surface area contributed by atoms with Gasteiger partial charge in [0, 0.05) is 9.35 Å². The second kappa shape index (κ2) is 6.72. The Morgan fingerprint density at radius 1 is 1.29 bits per heavy atom. The quantitative estimate of drug-likeness (QED) is 0.770. The van der Waals surface area contributed by atoms with Crippen molar-refractivity contribution in [1.29, 1.82) is 0 Å². The van der Waals surface area contributed by atoms with E-state index in [1.54, 1.807) is 5.57 Å². The average Bonchev–Trinajstić information content (AvgIpc) is 2.69. The van der Waals surface area contributed by atoms with Gasteiger partial charge in [-0.15, -0.1) is 11.3 Å². The van der Waals surface area contributed by atoms with Crippen molar-refractivity contribution in [1.82, 2.24) is 5.32 Å². The van der Waals surface area contributed by atoms with Gasteiger partial charge in [0.25, 0.3) is 0 Å². The first-order valence-corrected chi connectivity index (χ1v) is 8.09. The number of hydrogen-bond acceptors (Lipinski definition) is 2. The van der Waals surface area contributed by atoms with Gasteiger partial charge in [0.1, 0.15) is 0 Å². The number of halogens is 1. The van der Waals surface area contributed by atoms with Crippen LogP contribution in [0.2, 0.25) is 0 Å². The minimum Gasteiger partial charge on any atom is -0.309 e. The Kier molecular flexibility index (Phi) is 5.26. The fourth-order valence-electron chi connectivity index (χ4n) is 2.48. The highest BCUT2D eigenvalue weighted by Gasteiger charge is 2.18. The molecule has 1 aromatic heterocycles. The van der Waals surface area contributed by atoms with Crippen LogP contribution in [0, 0.1) is 0 Å². The molecule has 0 amide bonds. The number of nitrogens with one attached hydrogen (secondary N) is 1. The maximum Gasteiger partial charge on any atom is 0.0639 e. The van der Waals surface area contributed by atoms with Gasteiger partial charge in [-0.2, -0.15) is 0 Å². The second-order valence-corrected chi connectivity index (χ2v) is 6.39. The average molecular weight is 314 g/mol. The van der Waals surface area contributed by atoms with Crippen LogP contribution in [0.4, 0.5) is 0 Å². The van der Waals surface area contributed by atoms with Gasteiger partial charge in [-0.3, -0.25) is 0 Å². The molecule has 3 heteroatoms. The van der Waals surface area contributed by atoms with E-state index >= 15 is 0 Å². The summed E-state index contributed by atoms with van der Waals surface area (Å²) in [6.45, 7) is 0. The fraction of sp³-hybridized carbons (Fsp3) is 0.571. The molecule has 0 saturated heterocycles. The third-order valence-electron chi connectivity index (χ3n) is 3.39. The van der Waals surface area contributed by atoms with Crippen molar-refractivity contribution < 1.29 is 0 Å². The van der Waals surface area contributed by atoms with E-state index in [2.05, 4.69) is 45.8 Å². The molecular formula is C14H20BrNS. The molecule has 1 heterocycles. The van der Waals surface area contributed by atoms with Crippen LogP contribution in [-0.4, -0.2) is 7.05 Å². The van der Waals surface area contributed by atoms with Crippen molar-refractivity contribution in [2.75, 3.05) is 7.05 Å². The van der Waals surface area contributed by atoms with Crippen molar-refractivity contribution >= 4 is 27.3 Å². The summed E-state index contributed by atoms with van der Waals surface area (Å²) in [5.74, 6) is 0. The highest BCUT2D eigenvalue weighted by Crippen LogP contribution is 2.35. The van der Waals surface area contributed by atoms with Crippen LogP contribution < -0.4 is 5.32 Å². The van der Waals surface area contributed by atoms with E-state index < -0.39 is 0 Å². The van der Waals surface area contributed by atoms with E-state index in [0.717, 1.165) is 0 Å². The Hall–Kier alpha value is -0.120. The van der Waals surface area contributed by atoms with E-state index in [1.807, 2.05) is 11.3 Å². The molecule has 94 valence electrons. The lowest BCUT2D eigenvalue weighted by atomic mass is 9.94. The number of allylic oxidation sites excluding steroid dienone is 1. The zero-order chi connectivity index (χ0) is 12.1. The van der Waals surface area contributed by atoms with Crippen LogP contribution in [0.15, 0.2) is 27.6 Å². The SMILES string of the molecule is CNC(/C1=C/CCCCCC1)c1sccc1Br. The van der Waals surface area contributed by atoms with Gasteiger partial charge in [-0.1, -0.05) is 24.5 Å². The van der Waals surface area contributed by atoms with E-state index in [4.69, 9.17) is 0 Å². The molecule has 0 spiro atoms. The van der Waals surface area contributed by atoms with Crippen LogP contribution in [0.3, 0.4) is 0 Å². The van der Waals surface area contributed by atoms with Crippen molar-refractivity contribution in [3.63, 3.8) is 0 Å². The minimum absolute atomic E-state index is 0.405. The number of rotatable bonds is 3. The summed E-state index contributed by atoms with van der Waals surface area (Å²) in [6.07, 6.45) is 10.4. The topological polar surface area (TPSA) is 12.0 Å². The predicted molar refractivity (Wildman–Crippen MR) is 79.6 cm³/mol. The Morgan fingerprint density at radius 2 is 2.12 bits per heavy atom. The molecule has 1 aliphatic carbocycles. The molecule has 0 bridgehead atoms. The van der Waals surface area contributed by atoms with Gasteiger partial charge in [-0.05, 0) is 60.1 Å².